The summed E-state index contributed by atoms with van der Waals surface area (Å²) in [5, 5.41) is 5.24. The van der Waals surface area contributed by atoms with Crippen LogP contribution in [0, 0.1) is 5.92 Å². The average molecular weight is 247 g/mol. The van der Waals surface area contributed by atoms with Crippen LogP contribution in [-0.2, 0) is 18.3 Å². The number of carbonyl (C=O) groups excluding carboxylic acids is 1. The minimum atomic E-state index is -0.241. The maximum Gasteiger partial charge on any atom is 0.355 e. The fraction of sp³-hybridized carbons (Fsp3) is 0.538. The summed E-state index contributed by atoms with van der Waals surface area (Å²) in [6, 6.07) is 1.88. The summed E-state index contributed by atoms with van der Waals surface area (Å²) in [6.45, 7) is 3.12. The van der Waals surface area contributed by atoms with Gasteiger partial charge in [-0.15, -0.1) is 0 Å². The molecule has 0 aromatic carbocycles. The zero-order valence-electron chi connectivity index (χ0n) is 10.7. The number of aryl methyl sites for hydroxylation is 1. The fourth-order valence-electron chi connectivity index (χ4n) is 2.34. The Morgan fingerprint density at radius 1 is 1.56 bits per heavy atom. The molecule has 18 heavy (non-hydrogen) atoms. The molecule has 2 aromatic heterocycles. The van der Waals surface area contributed by atoms with E-state index >= 15 is 0 Å². The lowest BCUT2D eigenvalue weighted by Gasteiger charge is -2.09. The van der Waals surface area contributed by atoms with Gasteiger partial charge < -0.3 is 9.30 Å². The summed E-state index contributed by atoms with van der Waals surface area (Å²) < 4.78 is 8.99. The van der Waals surface area contributed by atoms with Gasteiger partial charge in [0.25, 0.3) is 0 Å². The summed E-state index contributed by atoms with van der Waals surface area (Å²) in [6.07, 6.45) is 4.29. The van der Waals surface area contributed by atoms with Crippen LogP contribution in [0.5, 0.6) is 0 Å². The third-order valence-electron chi connectivity index (χ3n) is 3.40. The third-order valence-corrected chi connectivity index (χ3v) is 3.40. The van der Waals surface area contributed by atoms with Gasteiger partial charge in [-0.1, -0.05) is 0 Å². The Balaban J connectivity index is 2.07. The lowest BCUT2D eigenvalue weighted by Crippen LogP contribution is -2.14. The van der Waals surface area contributed by atoms with Gasteiger partial charge in [-0.2, -0.15) is 5.10 Å². The molecular formula is C13H17N3O2. The minimum Gasteiger partial charge on any atom is -0.461 e. The van der Waals surface area contributed by atoms with Crippen molar-refractivity contribution >= 4 is 17.0 Å². The highest BCUT2D eigenvalue weighted by Crippen LogP contribution is 2.33. The molecule has 0 saturated heterocycles. The minimum absolute atomic E-state index is 0.241. The molecular weight excluding hydrogens is 230 g/mol. The molecule has 0 unspecified atom stereocenters. The van der Waals surface area contributed by atoms with Gasteiger partial charge in [-0.25, -0.2) is 4.79 Å². The lowest BCUT2D eigenvalue weighted by atomic mass is 10.3. The van der Waals surface area contributed by atoms with Crippen molar-refractivity contribution in [2.75, 3.05) is 6.61 Å². The Hall–Kier alpha value is -1.78. The van der Waals surface area contributed by atoms with Crippen LogP contribution in [-0.4, -0.2) is 26.9 Å². The van der Waals surface area contributed by atoms with Gasteiger partial charge in [-0.3, -0.25) is 4.68 Å². The van der Waals surface area contributed by atoms with Crippen molar-refractivity contribution in [3.05, 3.63) is 18.0 Å². The van der Waals surface area contributed by atoms with Gasteiger partial charge in [0.1, 0.15) is 11.3 Å². The van der Waals surface area contributed by atoms with E-state index in [4.69, 9.17) is 4.74 Å². The number of fused-ring (bicyclic) bond motifs is 1. The van der Waals surface area contributed by atoms with Crippen molar-refractivity contribution in [1.82, 2.24) is 14.3 Å². The molecule has 0 aliphatic heterocycles. The van der Waals surface area contributed by atoms with Crippen LogP contribution < -0.4 is 0 Å². The highest BCUT2D eigenvalue weighted by molar-refractivity contribution is 5.94. The predicted octanol–water partition coefficient (Wildman–Crippen LogP) is 1.96. The van der Waals surface area contributed by atoms with Crippen LogP contribution in [0.2, 0.25) is 0 Å². The molecule has 3 rings (SSSR count). The van der Waals surface area contributed by atoms with Crippen molar-refractivity contribution in [3.8, 4) is 0 Å². The molecule has 1 aliphatic rings. The van der Waals surface area contributed by atoms with E-state index in [1.807, 2.05) is 24.7 Å². The molecule has 0 radical (unpaired) electrons. The number of ether oxygens (including phenoxy) is 1. The normalized spacial score (nSPS) is 15.2. The Morgan fingerprint density at radius 2 is 2.33 bits per heavy atom. The summed E-state index contributed by atoms with van der Waals surface area (Å²) in [5.74, 6) is 0.457. The van der Waals surface area contributed by atoms with Crippen molar-refractivity contribution in [1.29, 1.82) is 0 Å². The molecule has 0 N–H and O–H groups in total. The quantitative estimate of drug-likeness (QED) is 0.776. The van der Waals surface area contributed by atoms with Gasteiger partial charge in [0, 0.05) is 19.0 Å². The van der Waals surface area contributed by atoms with Crippen molar-refractivity contribution in [2.24, 2.45) is 13.0 Å². The number of esters is 1. The summed E-state index contributed by atoms with van der Waals surface area (Å²) >= 11 is 0. The first-order valence-electron chi connectivity index (χ1n) is 6.39. The topological polar surface area (TPSA) is 49.0 Å². The Bertz CT molecular complexity index is 593. The largest absolute Gasteiger partial charge is 0.461 e. The first kappa shape index (κ1) is 11.3. The summed E-state index contributed by atoms with van der Waals surface area (Å²) in [5.41, 5.74) is 1.65. The molecule has 1 saturated carbocycles. The van der Waals surface area contributed by atoms with E-state index in [0.29, 0.717) is 18.2 Å². The van der Waals surface area contributed by atoms with Gasteiger partial charge in [0.15, 0.2) is 0 Å². The molecule has 5 heteroatoms. The molecule has 1 fully saturated rings. The zero-order valence-corrected chi connectivity index (χ0v) is 10.7. The standard InChI is InChI=1S/C13H17N3O2/c1-3-18-13(17)11-6-10-7-14-15(2)12(10)16(11)8-9-4-5-9/h6-7,9H,3-5,8H2,1-2H3. The molecule has 1 aliphatic carbocycles. The van der Waals surface area contributed by atoms with E-state index in [9.17, 15) is 4.79 Å². The Kier molecular flexibility index (Phi) is 2.61. The number of hydrogen-bond acceptors (Lipinski definition) is 3. The smallest absolute Gasteiger partial charge is 0.355 e. The molecule has 2 heterocycles. The van der Waals surface area contributed by atoms with E-state index in [-0.39, 0.29) is 5.97 Å². The summed E-state index contributed by atoms with van der Waals surface area (Å²) in [4.78, 5) is 12.0. The van der Waals surface area contributed by atoms with Gasteiger partial charge in [0.2, 0.25) is 0 Å². The highest BCUT2D eigenvalue weighted by atomic mass is 16.5. The molecule has 2 aromatic rings. The molecule has 0 spiro atoms. The van der Waals surface area contributed by atoms with Crippen LogP contribution in [0.1, 0.15) is 30.3 Å². The monoisotopic (exact) mass is 247 g/mol. The molecule has 0 atom stereocenters. The third kappa shape index (κ3) is 1.79. The van der Waals surface area contributed by atoms with Crippen LogP contribution in [0.3, 0.4) is 0 Å². The molecule has 0 bridgehead atoms. The van der Waals surface area contributed by atoms with E-state index < -0.39 is 0 Å². The van der Waals surface area contributed by atoms with Gasteiger partial charge >= 0.3 is 5.97 Å². The second-order valence-corrected chi connectivity index (χ2v) is 4.85. The zero-order chi connectivity index (χ0) is 12.7. The molecule has 0 amide bonds. The fourth-order valence-corrected chi connectivity index (χ4v) is 2.34. The van der Waals surface area contributed by atoms with E-state index in [2.05, 4.69) is 9.67 Å². The lowest BCUT2D eigenvalue weighted by molar-refractivity contribution is 0.0514. The van der Waals surface area contributed by atoms with E-state index in [0.717, 1.165) is 17.6 Å². The van der Waals surface area contributed by atoms with E-state index in [1.54, 1.807) is 6.20 Å². The Morgan fingerprint density at radius 3 is 3.00 bits per heavy atom. The number of nitrogens with zero attached hydrogens (tertiary/aromatic N) is 3. The van der Waals surface area contributed by atoms with Crippen LogP contribution >= 0.6 is 0 Å². The Labute approximate surface area is 105 Å². The molecule has 96 valence electrons. The number of carbonyl (C=O) groups is 1. The van der Waals surface area contributed by atoms with Crippen molar-refractivity contribution in [2.45, 2.75) is 26.3 Å². The maximum atomic E-state index is 12.0. The molecule has 5 nitrogen and oxygen atoms in total. The second-order valence-electron chi connectivity index (χ2n) is 4.85. The second kappa shape index (κ2) is 4.15. The first-order valence-corrected chi connectivity index (χ1v) is 6.39. The summed E-state index contributed by atoms with van der Waals surface area (Å²) in [7, 11) is 1.90. The average Bonchev–Trinajstić information content (AvgIpc) is 2.97. The maximum absolute atomic E-state index is 12.0. The van der Waals surface area contributed by atoms with Gasteiger partial charge in [0.05, 0.1) is 12.8 Å². The van der Waals surface area contributed by atoms with Crippen molar-refractivity contribution in [3.63, 3.8) is 0 Å². The number of aromatic nitrogens is 3. The highest BCUT2D eigenvalue weighted by Gasteiger charge is 2.26. The van der Waals surface area contributed by atoms with Crippen molar-refractivity contribution < 1.29 is 9.53 Å². The predicted molar refractivity (Wildman–Crippen MR) is 67.4 cm³/mol. The number of hydrogen-bond donors (Lipinski definition) is 0. The van der Waals surface area contributed by atoms with Crippen LogP contribution in [0.15, 0.2) is 12.3 Å². The SMILES string of the molecule is CCOC(=O)c1cc2cnn(C)c2n1CC1CC1. The van der Waals surface area contributed by atoms with E-state index in [1.165, 1.54) is 12.8 Å². The van der Waals surface area contributed by atoms with Crippen LogP contribution in [0.4, 0.5) is 0 Å². The number of rotatable bonds is 4. The van der Waals surface area contributed by atoms with Crippen LogP contribution in [0.25, 0.3) is 11.0 Å². The first-order chi connectivity index (χ1) is 8.70. The van der Waals surface area contributed by atoms with Gasteiger partial charge in [-0.05, 0) is 31.7 Å².